The van der Waals surface area contributed by atoms with Crippen LogP contribution in [0.5, 0.6) is 0 Å². The molecule has 1 aliphatic heterocycles. The molecule has 2 amide bonds. The molecule has 2 rings (SSSR count). The second-order valence-corrected chi connectivity index (χ2v) is 6.62. The number of rotatable bonds is 5. The monoisotopic (exact) mass is 376 g/mol. The maximum absolute atomic E-state index is 12.8. The predicted octanol–water partition coefficient (Wildman–Crippen LogP) is 2.16. The minimum absolute atomic E-state index is 0.150. The highest BCUT2D eigenvalue weighted by Gasteiger charge is 2.31. The Bertz CT molecular complexity index is 619. The van der Waals surface area contributed by atoms with E-state index in [9.17, 15) is 22.8 Å². The number of benzene rings is 1. The first-order valence-electron chi connectivity index (χ1n) is 7.71. The normalized spacial score (nSPS) is 16.4. The number of nitrogens with zero attached hydrogens (tertiary/aromatic N) is 1. The van der Waals surface area contributed by atoms with E-state index in [-0.39, 0.29) is 17.6 Å². The lowest BCUT2D eigenvalue weighted by molar-refractivity contribution is -0.139. The lowest BCUT2D eigenvalue weighted by Crippen LogP contribution is -2.52. The van der Waals surface area contributed by atoms with Crippen molar-refractivity contribution in [3.05, 3.63) is 29.8 Å². The number of hydrogen-bond acceptors (Lipinski definition) is 4. The first kappa shape index (κ1) is 19.6. The van der Waals surface area contributed by atoms with Crippen molar-refractivity contribution in [1.82, 2.24) is 10.2 Å². The zero-order chi connectivity index (χ0) is 18.4. The standard InChI is InChI=1S/C16H19F3N2O3S/c1-11(22)20-14(15(23)21-5-7-24-8-6-21)10-25-13-4-2-3-12(9-13)16(17,18)19/h2-4,9,14H,5-8,10H2,1H3,(H,20,22). The summed E-state index contributed by atoms with van der Waals surface area (Å²) in [5.41, 5.74) is -0.743. The van der Waals surface area contributed by atoms with Gasteiger partial charge in [0.2, 0.25) is 11.8 Å². The summed E-state index contributed by atoms with van der Waals surface area (Å²) in [6.07, 6.45) is -4.42. The van der Waals surface area contributed by atoms with Crippen molar-refractivity contribution >= 4 is 23.6 Å². The van der Waals surface area contributed by atoms with Crippen molar-refractivity contribution < 1.29 is 27.5 Å². The molecule has 0 spiro atoms. The molecule has 1 heterocycles. The van der Waals surface area contributed by atoms with E-state index in [1.54, 1.807) is 11.0 Å². The summed E-state index contributed by atoms with van der Waals surface area (Å²) in [6.45, 7) is 3.03. The van der Waals surface area contributed by atoms with Crippen molar-refractivity contribution in [2.24, 2.45) is 0 Å². The third-order valence-electron chi connectivity index (χ3n) is 3.58. The Hall–Kier alpha value is -1.74. The van der Waals surface area contributed by atoms with Crippen LogP contribution >= 0.6 is 11.8 Å². The topological polar surface area (TPSA) is 58.6 Å². The van der Waals surface area contributed by atoms with E-state index < -0.39 is 17.8 Å². The Morgan fingerprint density at radius 2 is 2.00 bits per heavy atom. The van der Waals surface area contributed by atoms with Crippen molar-refractivity contribution in [1.29, 1.82) is 0 Å². The number of carbonyl (C=O) groups excluding carboxylic acids is 2. The fourth-order valence-corrected chi connectivity index (χ4v) is 3.34. The molecule has 1 unspecified atom stereocenters. The molecule has 1 aliphatic rings. The minimum atomic E-state index is -4.42. The van der Waals surface area contributed by atoms with Crippen LogP contribution in [0.4, 0.5) is 13.2 Å². The van der Waals surface area contributed by atoms with Crippen LogP contribution in [0.3, 0.4) is 0 Å². The smallest absolute Gasteiger partial charge is 0.378 e. The molecule has 1 aromatic rings. The molecule has 1 aromatic carbocycles. The molecule has 1 saturated heterocycles. The van der Waals surface area contributed by atoms with Gasteiger partial charge >= 0.3 is 6.18 Å². The van der Waals surface area contributed by atoms with Crippen molar-refractivity contribution in [3.63, 3.8) is 0 Å². The van der Waals surface area contributed by atoms with Crippen LogP contribution < -0.4 is 5.32 Å². The zero-order valence-corrected chi connectivity index (χ0v) is 14.5. The van der Waals surface area contributed by atoms with Gasteiger partial charge in [-0.15, -0.1) is 11.8 Å². The van der Waals surface area contributed by atoms with Crippen LogP contribution in [-0.4, -0.2) is 54.8 Å². The van der Waals surface area contributed by atoms with Crippen LogP contribution in [0.15, 0.2) is 29.2 Å². The van der Waals surface area contributed by atoms with Gasteiger partial charge in [0.25, 0.3) is 0 Å². The Balaban J connectivity index is 2.04. The maximum atomic E-state index is 12.8. The number of halogens is 3. The number of ether oxygens (including phenoxy) is 1. The molecule has 1 fully saturated rings. The van der Waals surface area contributed by atoms with Gasteiger partial charge in [-0.25, -0.2) is 0 Å². The molecule has 138 valence electrons. The van der Waals surface area contributed by atoms with E-state index >= 15 is 0 Å². The average Bonchev–Trinajstić information content (AvgIpc) is 2.58. The van der Waals surface area contributed by atoms with Gasteiger partial charge in [0.05, 0.1) is 18.8 Å². The quantitative estimate of drug-likeness (QED) is 0.801. The number of thioether (sulfide) groups is 1. The van der Waals surface area contributed by atoms with Gasteiger partial charge in [-0.3, -0.25) is 9.59 Å². The fraction of sp³-hybridized carbons (Fsp3) is 0.500. The first-order chi connectivity index (χ1) is 11.8. The Kier molecular flexibility index (Phi) is 6.71. The predicted molar refractivity (Wildman–Crippen MR) is 87.2 cm³/mol. The Labute approximate surface area is 147 Å². The Morgan fingerprint density at radius 1 is 1.32 bits per heavy atom. The molecule has 5 nitrogen and oxygen atoms in total. The molecule has 0 aromatic heterocycles. The summed E-state index contributed by atoms with van der Waals surface area (Å²) in [5.74, 6) is -0.467. The number of morpholine rings is 1. The number of amides is 2. The van der Waals surface area contributed by atoms with E-state index in [0.29, 0.717) is 31.2 Å². The summed E-state index contributed by atoms with van der Waals surface area (Å²) in [4.78, 5) is 25.9. The maximum Gasteiger partial charge on any atom is 0.416 e. The highest BCUT2D eigenvalue weighted by Crippen LogP contribution is 2.32. The summed E-state index contributed by atoms with van der Waals surface area (Å²) in [5, 5.41) is 2.58. The molecular weight excluding hydrogens is 357 g/mol. The van der Waals surface area contributed by atoms with Gasteiger partial charge in [-0.2, -0.15) is 13.2 Å². The summed E-state index contributed by atoms with van der Waals surface area (Å²) >= 11 is 1.10. The lowest BCUT2D eigenvalue weighted by atomic mass is 10.2. The van der Waals surface area contributed by atoms with Gasteiger partial charge in [-0.1, -0.05) is 6.07 Å². The van der Waals surface area contributed by atoms with E-state index in [4.69, 9.17) is 4.74 Å². The number of hydrogen-bond donors (Lipinski definition) is 1. The van der Waals surface area contributed by atoms with Crippen LogP contribution in [0.25, 0.3) is 0 Å². The number of carbonyl (C=O) groups is 2. The lowest BCUT2D eigenvalue weighted by Gasteiger charge is -2.30. The van der Waals surface area contributed by atoms with Crippen LogP contribution in [0.1, 0.15) is 12.5 Å². The SMILES string of the molecule is CC(=O)NC(CSc1cccc(C(F)(F)F)c1)C(=O)N1CCOCC1. The fourth-order valence-electron chi connectivity index (χ4n) is 2.37. The van der Waals surface area contributed by atoms with E-state index in [1.807, 2.05) is 0 Å². The van der Waals surface area contributed by atoms with Gasteiger partial charge in [0.15, 0.2) is 0 Å². The van der Waals surface area contributed by atoms with E-state index in [0.717, 1.165) is 23.9 Å². The third-order valence-corrected chi connectivity index (χ3v) is 4.66. The minimum Gasteiger partial charge on any atom is -0.378 e. The largest absolute Gasteiger partial charge is 0.416 e. The van der Waals surface area contributed by atoms with Crippen LogP contribution in [-0.2, 0) is 20.5 Å². The molecule has 0 aliphatic carbocycles. The molecular formula is C16H19F3N2O3S. The molecule has 1 N–H and O–H groups in total. The van der Waals surface area contributed by atoms with Crippen LogP contribution in [0, 0.1) is 0 Å². The van der Waals surface area contributed by atoms with E-state index in [1.165, 1.54) is 13.0 Å². The summed E-state index contributed by atoms with van der Waals surface area (Å²) in [6, 6.07) is 4.10. The highest BCUT2D eigenvalue weighted by atomic mass is 32.2. The number of alkyl halides is 3. The highest BCUT2D eigenvalue weighted by molar-refractivity contribution is 7.99. The van der Waals surface area contributed by atoms with Crippen molar-refractivity contribution in [3.8, 4) is 0 Å². The molecule has 0 saturated carbocycles. The van der Waals surface area contributed by atoms with E-state index in [2.05, 4.69) is 5.32 Å². The third kappa shape index (κ3) is 5.93. The van der Waals surface area contributed by atoms with Gasteiger partial charge in [0.1, 0.15) is 6.04 Å². The van der Waals surface area contributed by atoms with Gasteiger partial charge < -0.3 is 15.0 Å². The Morgan fingerprint density at radius 3 is 2.60 bits per heavy atom. The second-order valence-electron chi connectivity index (χ2n) is 5.53. The van der Waals surface area contributed by atoms with Crippen molar-refractivity contribution in [2.75, 3.05) is 32.1 Å². The summed E-state index contributed by atoms with van der Waals surface area (Å²) < 4.78 is 43.5. The number of nitrogens with one attached hydrogen (secondary N) is 1. The van der Waals surface area contributed by atoms with Crippen LogP contribution in [0.2, 0.25) is 0 Å². The average molecular weight is 376 g/mol. The molecule has 0 bridgehead atoms. The molecule has 25 heavy (non-hydrogen) atoms. The first-order valence-corrected chi connectivity index (χ1v) is 8.69. The van der Waals surface area contributed by atoms with Gasteiger partial charge in [-0.05, 0) is 18.2 Å². The van der Waals surface area contributed by atoms with Gasteiger partial charge in [0, 0.05) is 30.7 Å². The zero-order valence-electron chi connectivity index (χ0n) is 13.6. The summed E-state index contributed by atoms with van der Waals surface area (Å²) in [7, 11) is 0. The molecule has 1 atom stereocenters. The van der Waals surface area contributed by atoms with Crippen molar-refractivity contribution in [2.45, 2.75) is 24.0 Å². The molecule has 0 radical (unpaired) electrons. The molecule has 9 heteroatoms. The second kappa shape index (κ2) is 8.57.